The van der Waals surface area contributed by atoms with Crippen LogP contribution < -0.4 is 5.32 Å². The number of carbonyl (C=O) groups is 2. The number of hydrogen-bond donors (Lipinski definition) is 4. The number of nitrogens with zero attached hydrogens (tertiary/aromatic N) is 1. The van der Waals surface area contributed by atoms with Gasteiger partial charge in [-0.3, -0.25) is 9.59 Å². The van der Waals surface area contributed by atoms with Crippen LogP contribution in [0.3, 0.4) is 0 Å². The molecule has 0 radical (unpaired) electrons. The van der Waals surface area contributed by atoms with Crippen molar-refractivity contribution < 1.29 is 29.6 Å². The van der Waals surface area contributed by atoms with Crippen molar-refractivity contribution in [2.45, 2.75) is 63.4 Å². The van der Waals surface area contributed by atoms with Crippen molar-refractivity contribution in [2.24, 2.45) is 28.6 Å². The van der Waals surface area contributed by atoms with Gasteiger partial charge in [-0.05, 0) is 36.2 Å². The molecular weight excluding hydrogens is 432 g/mol. The zero-order valence-corrected chi connectivity index (χ0v) is 19.2. The van der Waals surface area contributed by atoms with Crippen molar-refractivity contribution in [3.8, 4) is 0 Å². The summed E-state index contributed by atoms with van der Waals surface area (Å²) in [4.78, 5) is 31.2. The molecule has 3 saturated carbocycles. The second-order valence-electron chi connectivity index (χ2n) is 11.0. The molecule has 1 aromatic rings. The van der Waals surface area contributed by atoms with E-state index >= 15 is 0 Å². The molecule has 2 saturated heterocycles. The van der Waals surface area contributed by atoms with E-state index in [-0.39, 0.29) is 12.5 Å². The molecule has 3 heterocycles. The molecule has 1 unspecified atom stereocenters. The topological polar surface area (TPSA) is 129 Å². The second kappa shape index (κ2) is 5.88. The molecule has 5 fully saturated rings. The molecule has 0 aromatic carbocycles. The SMILES string of the molecule is C=C1C(=O)[C@]23[C@H](O)C1CC[C@H]2[C@@]12CO[C@@]3(O)[C@@H](O)[C@@H]1C(C)(C)Cc1sc(NC(C)=O)nc12. The van der Waals surface area contributed by atoms with Crippen molar-refractivity contribution in [1.82, 2.24) is 4.98 Å². The van der Waals surface area contributed by atoms with Gasteiger partial charge in [-0.1, -0.05) is 20.4 Å². The van der Waals surface area contributed by atoms with Gasteiger partial charge in [0.05, 0.1) is 18.4 Å². The number of Topliss-reactive ketones (excluding diaryl/α,β-unsaturated/α-hetero) is 1. The molecule has 4 aliphatic carbocycles. The average Bonchev–Trinajstić information content (AvgIpc) is 3.12. The summed E-state index contributed by atoms with van der Waals surface area (Å²) >= 11 is 1.40. The molecule has 6 aliphatic rings. The largest absolute Gasteiger partial charge is 0.391 e. The number of aliphatic hydroxyl groups excluding tert-OH is 2. The first-order chi connectivity index (χ1) is 14.9. The molecule has 2 spiro atoms. The maximum Gasteiger partial charge on any atom is 0.223 e. The van der Waals surface area contributed by atoms with Gasteiger partial charge in [0.2, 0.25) is 11.7 Å². The van der Waals surface area contributed by atoms with Gasteiger partial charge in [-0.25, -0.2) is 4.98 Å². The van der Waals surface area contributed by atoms with Crippen LogP contribution in [0.1, 0.15) is 44.2 Å². The first-order valence-corrected chi connectivity index (χ1v) is 12.0. The Morgan fingerprint density at radius 3 is 2.69 bits per heavy atom. The highest BCUT2D eigenvalue weighted by molar-refractivity contribution is 7.15. The van der Waals surface area contributed by atoms with E-state index in [2.05, 4.69) is 25.7 Å². The number of hydrogen-bond acceptors (Lipinski definition) is 8. The van der Waals surface area contributed by atoms with Gasteiger partial charge < -0.3 is 25.4 Å². The van der Waals surface area contributed by atoms with Crippen LogP contribution in [0.5, 0.6) is 0 Å². The summed E-state index contributed by atoms with van der Waals surface area (Å²) in [5.41, 5.74) is -1.97. The molecular formula is C23H28N2O6S. The number of ether oxygens (including phenoxy) is 1. The van der Waals surface area contributed by atoms with Crippen LogP contribution in [-0.2, 0) is 26.2 Å². The van der Waals surface area contributed by atoms with Gasteiger partial charge in [0.15, 0.2) is 10.9 Å². The lowest BCUT2D eigenvalue weighted by Gasteiger charge is -2.73. The number of ketones is 1. The Hall–Kier alpha value is -1.65. The third-order valence-corrected chi connectivity index (χ3v) is 10.1. The lowest BCUT2D eigenvalue weighted by atomic mass is 9.36. The Morgan fingerprint density at radius 1 is 1.28 bits per heavy atom. The van der Waals surface area contributed by atoms with E-state index in [9.17, 15) is 24.9 Å². The quantitative estimate of drug-likeness (QED) is 0.463. The molecule has 9 heteroatoms. The van der Waals surface area contributed by atoms with Crippen molar-refractivity contribution >= 4 is 28.2 Å². The molecule has 32 heavy (non-hydrogen) atoms. The van der Waals surface area contributed by atoms with Crippen molar-refractivity contribution in [2.75, 3.05) is 11.9 Å². The minimum Gasteiger partial charge on any atom is -0.391 e. The highest BCUT2D eigenvalue weighted by atomic mass is 32.1. The van der Waals surface area contributed by atoms with Gasteiger partial charge in [0, 0.05) is 29.1 Å². The number of thiazole rings is 1. The molecule has 4 bridgehead atoms. The van der Waals surface area contributed by atoms with Crippen LogP contribution in [-0.4, -0.2) is 56.6 Å². The predicted octanol–water partition coefficient (Wildman–Crippen LogP) is 1.14. The van der Waals surface area contributed by atoms with Gasteiger partial charge in [0.25, 0.3) is 0 Å². The fourth-order valence-electron chi connectivity index (χ4n) is 8.30. The first-order valence-electron chi connectivity index (χ1n) is 11.2. The lowest BCUT2D eigenvalue weighted by molar-refractivity contribution is -0.429. The number of carbonyl (C=O) groups excluding carboxylic acids is 2. The van der Waals surface area contributed by atoms with E-state index in [0.717, 1.165) is 10.6 Å². The second-order valence-corrected chi connectivity index (χ2v) is 12.1. The third-order valence-electron chi connectivity index (χ3n) is 9.18. The Kier molecular flexibility index (Phi) is 3.84. The molecule has 8 atom stereocenters. The fraction of sp³-hybridized carbons (Fsp3) is 0.696. The van der Waals surface area contributed by atoms with Crippen LogP contribution in [0.4, 0.5) is 5.13 Å². The van der Waals surface area contributed by atoms with Crippen molar-refractivity contribution in [3.63, 3.8) is 0 Å². The maximum absolute atomic E-state index is 13.7. The van der Waals surface area contributed by atoms with Crippen molar-refractivity contribution in [1.29, 1.82) is 0 Å². The van der Waals surface area contributed by atoms with E-state index in [1.165, 1.54) is 18.3 Å². The highest BCUT2D eigenvalue weighted by Gasteiger charge is 2.86. The van der Waals surface area contributed by atoms with Gasteiger partial charge in [0.1, 0.15) is 11.5 Å². The third kappa shape index (κ3) is 1.95. The van der Waals surface area contributed by atoms with E-state index in [0.29, 0.717) is 30.0 Å². The van der Waals surface area contributed by atoms with Crippen molar-refractivity contribution in [3.05, 3.63) is 22.7 Å². The summed E-state index contributed by atoms with van der Waals surface area (Å²) in [7, 11) is 0. The Morgan fingerprint density at radius 2 is 2.00 bits per heavy atom. The van der Waals surface area contributed by atoms with E-state index in [1.54, 1.807) is 0 Å². The van der Waals surface area contributed by atoms with Crippen LogP contribution in [0.2, 0.25) is 0 Å². The van der Waals surface area contributed by atoms with Gasteiger partial charge >= 0.3 is 0 Å². The number of nitrogens with one attached hydrogen (secondary N) is 1. The molecule has 1 aromatic heterocycles. The number of rotatable bonds is 1. The molecule has 172 valence electrons. The summed E-state index contributed by atoms with van der Waals surface area (Å²) in [5.74, 6) is -4.17. The van der Waals surface area contributed by atoms with Gasteiger partial charge in [-0.2, -0.15) is 0 Å². The van der Waals surface area contributed by atoms with Crippen LogP contribution >= 0.6 is 11.3 Å². The Bertz CT molecular complexity index is 1100. The van der Waals surface area contributed by atoms with Crippen LogP contribution in [0.15, 0.2) is 12.2 Å². The van der Waals surface area contributed by atoms with E-state index in [1.807, 2.05) is 0 Å². The Labute approximate surface area is 189 Å². The summed E-state index contributed by atoms with van der Waals surface area (Å²) in [6.07, 6.45) is -0.781. The smallest absolute Gasteiger partial charge is 0.223 e. The number of aliphatic hydroxyl groups is 3. The van der Waals surface area contributed by atoms with E-state index in [4.69, 9.17) is 9.72 Å². The first kappa shape index (κ1) is 20.9. The number of anilines is 1. The summed E-state index contributed by atoms with van der Waals surface area (Å²) in [5, 5.41) is 38.2. The van der Waals surface area contributed by atoms with Gasteiger partial charge in [-0.15, -0.1) is 11.3 Å². The fourth-order valence-corrected chi connectivity index (χ4v) is 9.64. The molecule has 7 rings (SSSR count). The monoisotopic (exact) mass is 460 g/mol. The summed E-state index contributed by atoms with van der Waals surface area (Å²) in [6, 6.07) is 0. The molecule has 4 N–H and O–H groups in total. The normalized spacial score (nSPS) is 47.6. The highest BCUT2D eigenvalue weighted by Crippen LogP contribution is 2.75. The summed E-state index contributed by atoms with van der Waals surface area (Å²) < 4.78 is 6.02. The van der Waals surface area contributed by atoms with Crippen LogP contribution in [0, 0.1) is 28.6 Å². The standard InChI is InChI=1S/C23H28N2O6S/c1-9-11-5-6-13-21-8-31-23(30,22(13,16(9)27)17(11)28)18(29)14(21)20(3,4)7-12-15(21)25-19(32-12)24-10(2)26/h11,13-14,17-18,28-30H,1,5-8H2,2-4H3,(H,24,25,26)/t11?,13-,14+,17+,18-,21-,22-,23-/m0/s1. The number of fused-ring (bicyclic) bond motifs is 3. The maximum atomic E-state index is 13.7. The summed E-state index contributed by atoms with van der Waals surface area (Å²) in [6.45, 7) is 9.57. The lowest BCUT2D eigenvalue weighted by Crippen LogP contribution is -2.85. The Balaban J connectivity index is 1.65. The molecule has 1 amide bonds. The predicted molar refractivity (Wildman–Crippen MR) is 115 cm³/mol. The number of amides is 1. The minimum atomic E-state index is -2.19. The van der Waals surface area contributed by atoms with Crippen LogP contribution in [0.25, 0.3) is 0 Å². The van der Waals surface area contributed by atoms with E-state index < -0.39 is 57.8 Å². The average molecular weight is 461 g/mol. The minimum absolute atomic E-state index is 0.0917. The number of aromatic nitrogens is 1. The molecule has 8 nitrogen and oxygen atoms in total. The molecule has 2 aliphatic heterocycles. The zero-order valence-electron chi connectivity index (χ0n) is 18.3. The zero-order chi connectivity index (χ0) is 23.0.